The summed E-state index contributed by atoms with van der Waals surface area (Å²) in [5, 5.41) is 0. The smallest absolute Gasteiger partial charge is 0.289 e. The van der Waals surface area contributed by atoms with Gasteiger partial charge in [-0.2, -0.15) is 0 Å². The summed E-state index contributed by atoms with van der Waals surface area (Å²) in [6.07, 6.45) is 4.39. The van der Waals surface area contributed by atoms with E-state index in [4.69, 9.17) is 5.73 Å². The summed E-state index contributed by atoms with van der Waals surface area (Å²) in [6.45, 7) is 3.54. The molecule has 1 saturated heterocycles. The van der Waals surface area contributed by atoms with Gasteiger partial charge >= 0.3 is 0 Å². The molecule has 1 aromatic heterocycles. The van der Waals surface area contributed by atoms with Crippen molar-refractivity contribution in [1.82, 2.24) is 14.5 Å². The summed E-state index contributed by atoms with van der Waals surface area (Å²) in [5.74, 6) is 0.960. The van der Waals surface area contributed by atoms with Crippen LogP contribution in [-0.4, -0.2) is 39.5 Å². The molecule has 2 unspecified atom stereocenters. The van der Waals surface area contributed by atoms with Crippen LogP contribution >= 0.6 is 0 Å². The van der Waals surface area contributed by atoms with Crippen LogP contribution in [0, 0.1) is 5.92 Å². The highest BCUT2D eigenvalue weighted by Gasteiger charge is 2.28. The van der Waals surface area contributed by atoms with Crippen molar-refractivity contribution >= 4 is 5.91 Å². The van der Waals surface area contributed by atoms with E-state index in [1.165, 1.54) is 0 Å². The van der Waals surface area contributed by atoms with Crippen LogP contribution in [0.4, 0.5) is 0 Å². The number of piperidine rings is 1. The number of hydrogen-bond donors (Lipinski definition) is 1. The fourth-order valence-electron chi connectivity index (χ4n) is 2.00. The monoisotopic (exact) mass is 222 g/mol. The van der Waals surface area contributed by atoms with Crippen molar-refractivity contribution in [1.29, 1.82) is 0 Å². The van der Waals surface area contributed by atoms with E-state index in [1.807, 2.05) is 7.05 Å². The molecule has 1 amide bonds. The molecule has 5 heteroatoms. The van der Waals surface area contributed by atoms with E-state index in [0.29, 0.717) is 18.3 Å². The van der Waals surface area contributed by atoms with Gasteiger partial charge in [0.1, 0.15) is 0 Å². The van der Waals surface area contributed by atoms with E-state index in [1.54, 1.807) is 21.9 Å². The van der Waals surface area contributed by atoms with E-state index in [0.717, 1.165) is 13.0 Å². The minimum absolute atomic E-state index is 0.0187. The van der Waals surface area contributed by atoms with E-state index < -0.39 is 0 Å². The first-order chi connectivity index (χ1) is 7.59. The number of aryl methyl sites for hydroxylation is 1. The third-order valence-electron chi connectivity index (χ3n) is 3.32. The van der Waals surface area contributed by atoms with E-state index in [-0.39, 0.29) is 11.9 Å². The minimum Gasteiger partial charge on any atom is -0.334 e. The standard InChI is InChI=1S/C11H18N4O/c1-8-3-5-15(7-9(8)12)11(16)10-13-4-6-14(10)2/h4,6,8-9H,3,5,7,12H2,1-2H3. The highest BCUT2D eigenvalue weighted by Crippen LogP contribution is 2.16. The minimum atomic E-state index is -0.0187. The van der Waals surface area contributed by atoms with Gasteiger partial charge in [0.25, 0.3) is 5.91 Å². The van der Waals surface area contributed by atoms with Gasteiger partial charge in [0.2, 0.25) is 0 Å². The highest BCUT2D eigenvalue weighted by molar-refractivity contribution is 5.90. The van der Waals surface area contributed by atoms with Gasteiger partial charge in [-0.1, -0.05) is 6.92 Å². The largest absolute Gasteiger partial charge is 0.334 e. The van der Waals surface area contributed by atoms with E-state index in [2.05, 4.69) is 11.9 Å². The van der Waals surface area contributed by atoms with E-state index >= 15 is 0 Å². The van der Waals surface area contributed by atoms with Gasteiger partial charge in [-0.25, -0.2) is 4.98 Å². The van der Waals surface area contributed by atoms with Crippen LogP contribution in [0.1, 0.15) is 24.0 Å². The SMILES string of the molecule is CC1CCN(C(=O)c2nccn2C)CC1N. The maximum absolute atomic E-state index is 12.1. The molecule has 88 valence electrons. The number of carbonyl (C=O) groups excluding carboxylic acids is 1. The number of aromatic nitrogens is 2. The van der Waals surface area contributed by atoms with Crippen LogP contribution in [0.3, 0.4) is 0 Å². The normalized spacial score (nSPS) is 25.8. The molecule has 2 rings (SSSR count). The van der Waals surface area contributed by atoms with Crippen molar-refractivity contribution in [2.75, 3.05) is 13.1 Å². The molecule has 16 heavy (non-hydrogen) atoms. The summed E-state index contributed by atoms with van der Waals surface area (Å²) >= 11 is 0. The molecule has 2 heterocycles. The number of amides is 1. The quantitative estimate of drug-likeness (QED) is 0.739. The predicted molar refractivity (Wildman–Crippen MR) is 60.9 cm³/mol. The highest BCUT2D eigenvalue weighted by atomic mass is 16.2. The zero-order valence-corrected chi connectivity index (χ0v) is 9.76. The maximum atomic E-state index is 12.1. The number of carbonyl (C=O) groups is 1. The van der Waals surface area contributed by atoms with Crippen molar-refractivity contribution in [2.45, 2.75) is 19.4 Å². The van der Waals surface area contributed by atoms with Gasteiger partial charge in [0, 0.05) is 38.6 Å². The Morgan fingerprint density at radius 3 is 2.94 bits per heavy atom. The molecule has 0 spiro atoms. The molecule has 0 radical (unpaired) electrons. The van der Waals surface area contributed by atoms with Gasteiger partial charge in [0.05, 0.1) is 0 Å². The summed E-state index contributed by atoms with van der Waals surface area (Å²) in [6, 6.07) is 0.0815. The Hall–Kier alpha value is -1.36. The number of likely N-dealkylation sites (tertiary alicyclic amines) is 1. The Morgan fingerprint density at radius 1 is 1.62 bits per heavy atom. The van der Waals surface area contributed by atoms with Crippen molar-refractivity contribution in [3.8, 4) is 0 Å². The third kappa shape index (κ3) is 1.95. The molecule has 0 saturated carbocycles. The zero-order chi connectivity index (χ0) is 11.7. The molecule has 1 aliphatic rings. The lowest BCUT2D eigenvalue weighted by Gasteiger charge is -2.34. The Kier molecular flexibility index (Phi) is 2.96. The average molecular weight is 222 g/mol. The molecule has 1 aliphatic heterocycles. The summed E-state index contributed by atoms with van der Waals surface area (Å²) < 4.78 is 1.74. The second-order valence-electron chi connectivity index (χ2n) is 4.54. The van der Waals surface area contributed by atoms with Gasteiger partial charge < -0.3 is 15.2 Å². The zero-order valence-electron chi connectivity index (χ0n) is 9.76. The number of hydrogen-bond acceptors (Lipinski definition) is 3. The van der Waals surface area contributed by atoms with Gasteiger partial charge in [-0.05, 0) is 12.3 Å². The fourth-order valence-corrected chi connectivity index (χ4v) is 2.00. The topological polar surface area (TPSA) is 64.2 Å². The Morgan fingerprint density at radius 2 is 2.38 bits per heavy atom. The molecule has 5 nitrogen and oxygen atoms in total. The van der Waals surface area contributed by atoms with Gasteiger partial charge in [0.15, 0.2) is 5.82 Å². The van der Waals surface area contributed by atoms with Crippen molar-refractivity contribution in [2.24, 2.45) is 18.7 Å². The second kappa shape index (κ2) is 4.25. The molecule has 2 N–H and O–H groups in total. The Balaban J connectivity index is 2.09. The van der Waals surface area contributed by atoms with Gasteiger partial charge in [-0.15, -0.1) is 0 Å². The predicted octanol–water partition coefficient (Wildman–Crippen LogP) is 0.229. The Bertz CT molecular complexity index is 387. The van der Waals surface area contributed by atoms with Crippen LogP contribution in [0.5, 0.6) is 0 Å². The van der Waals surface area contributed by atoms with Crippen LogP contribution in [-0.2, 0) is 7.05 Å². The number of nitrogens with two attached hydrogens (primary N) is 1. The molecule has 0 bridgehead atoms. The maximum Gasteiger partial charge on any atom is 0.289 e. The Labute approximate surface area is 95.2 Å². The van der Waals surface area contributed by atoms with Crippen molar-refractivity contribution in [3.05, 3.63) is 18.2 Å². The molecule has 1 aromatic rings. The summed E-state index contributed by atoms with van der Waals surface area (Å²) in [5.41, 5.74) is 5.98. The number of nitrogens with zero attached hydrogens (tertiary/aromatic N) is 3. The molecule has 1 fully saturated rings. The van der Waals surface area contributed by atoms with Crippen LogP contribution in [0.25, 0.3) is 0 Å². The van der Waals surface area contributed by atoms with E-state index in [9.17, 15) is 4.79 Å². The molecule has 2 atom stereocenters. The summed E-state index contributed by atoms with van der Waals surface area (Å²) in [7, 11) is 1.83. The first kappa shape index (κ1) is 11.1. The van der Waals surface area contributed by atoms with Crippen molar-refractivity contribution in [3.63, 3.8) is 0 Å². The van der Waals surface area contributed by atoms with Crippen LogP contribution in [0.15, 0.2) is 12.4 Å². The average Bonchev–Trinajstić information content (AvgIpc) is 2.67. The lowest BCUT2D eigenvalue weighted by atomic mass is 9.94. The van der Waals surface area contributed by atoms with Crippen LogP contribution < -0.4 is 5.73 Å². The first-order valence-electron chi connectivity index (χ1n) is 5.61. The van der Waals surface area contributed by atoms with Crippen molar-refractivity contribution < 1.29 is 4.79 Å². The summed E-state index contributed by atoms with van der Waals surface area (Å²) in [4.78, 5) is 18.0. The van der Waals surface area contributed by atoms with Crippen LogP contribution in [0.2, 0.25) is 0 Å². The lowest BCUT2D eigenvalue weighted by molar-refractivity contribution is 0.0656. The molecule has 0 aliphatic carbocycles. The molecular weight excluding hydrogens is 204 g/mol. The second-order valence-corrected chi connectivity index (χ2v) is 4.54. The fraction of sp³-hybridized carbons (Fsp3) is 0.636. The molecular formula is C11H18N4O. The third-order valence-corrected chi connectivity index (χ3v) is 3.32. The first-order valence-corrected chi connectivity index (χ1v) is 5.61. The number of imidazole rings is 1. The molecule has 0 aromatic carbocycles. The number of rotatable bonds is 1. The van der Waals surface area contributed by atoms with Gasteiger partial charge in [-0.3, -0.25) is 4.79 Å². The lowest BCUT2D eigenvalue weighted by Crippen LogP contribution is -2.50.